The van der Waals surface area contributed by atoms with Crippen molar-refractivity contribution < 1.29 is 14.3 Å². The van der Waals surface area contributed by atoms with Crippen molar-refractivity contribution in [2.75, 3.05) is 0 Å². The first-order valence-electron chi connectivity index (χ1n) is 7.57. The topological polar surface area (TPSA) is 43.4 Å². The first-order chi connectivity index (χ1) is 10.7. The van der Waals surface area contributed by atoms with Gasteiger partial charge < -0.3 is 4.74 Å². The second-order valence-corrected chi connectivity index (χ2v) is 5.15. The van der Waals surface area contributed by atoms with E-state index in [0.29, 0.717) is 24.2 Å². The van der Waals surface area contributed by atoms with E-state index < -0.39 is 0 Å². The molecular formula is C19H20O3. The Morgan fingerprint density at radius 2 is 1.45 bits per heavy atom. The number of rotatable bonds is 8. The van der Waals surface area contributed by atoms with Gasteiger partial charge >= 0.3 is 0 Å². The molecule has 0 aliphatic carbocycles. The highest BCUT2D eigenvalue weighted by Crippen LogP contribution is 2.21. The lowest BCUT2D eigenvalue weighted by Crippen LogP contribution is -2.04. The molecule has 0 fully saturated rings. The molecular weight excluding hydrogens is 276 g/mol. The Morgan fingerprint density at radius 3 is 2.09 bits per heavy atom. The highest BCUT2D eigenvalue weighted by molar-refractivity contribution is 5.98. The number of ketones is 2. The van der Waals surface area contributed by atoms with Crippen LogP contribution in [0.1, 0.15) is 43.0 Å². The molecule has 0 atom stereocenters. The SMILES string of the molecule is CCCC(=O)CCC(=O)c1ccc(Oc2ccccc2)cc1. The van der Waals surface area contributed by atoms with Crippen LogP contribution in [0.3, 0.4) is 0 Å². The maximum atomic E-state index is 12.0. The maximum absolute atomic E-state index is 12.0. The molecule has 0 aromatic heterocycles. The van der Waals surface area contributed by atoms with Crippen LogP contribution in [0.2, 0.25) is 0 Å². The van der Waals surface area contributed by atoms with Gasteiger partial charge in [0.25, 0.3) is 0 Å². The van der Waals surface area contributed by atoms with E-state index in [1.54, 1.807) is 24.3 Å². The van der Waals surface area contributed by atoms with Crippen LogP contribution in [0.5, 0.6) is 11.5 Å². The summed E-state index contributed by atoms with van der Waals surface area (Å²) in [5.41, 5.74) is 0.615. The summed E-state index contributed by atoms with van der Waals surface area (Å²) < 4.78 is 5.68. The summed E-state index contributed by atoms with van der Waals surface area (Å²) in [6.07, 6.45) is 1.99. The Bertz CT molecular complexity index is 615. The Labute approximate surface area is 130 Å². The van der Waals surface area contributed by atoms with Crippen LogP contribution < -0.4 is 4.74 Å². The fraction of sp³-hybridized carbons (Fsp3) is 0.263. The fourth-order valence-corrected chi connectivity index (χ4v) is 2.13. The summed E-state index contributed by atoms with van der Waals surface area (Å²) in [5, 5.41) is 0. The molecule has 0 aliphatic heterocycles. The van der Waals surface area contributed by atoms with Gasteiger partial charge in [0.1, 0.15) is 17.3 Å². The lowest BCUT2D eigenvalue weighted by atomic mass is 10.0. The minimum absolute atomic E-state index is 0.00397. The van der Waals surface area contributed by atoms with Gasteiger partial charge in [0.05, 0.1) is 0 Å². The lowest BCUT2D eigenvalue weighted by Gasteiger charge is -2.06. The number of carbonyl (C=O) groups is 2. The number of benzene rings is 2. The predicted octanol–water partition coefficient (Wildman–Crippen LogP) is 4.81. The van der Waals surface area contributed by atoms with Gasteiger partial charge in [-0.15, -0.1) is 0 Å². The van der Waals surface area contributed by atoms with Crippen LogP contribution in [0.25, 0.3) is 0 Å². The zero-order valence-electron chi connectivity index (χ0n) is 12.7. The summed E-state index contributed by atoms with van der Waals surface area (Å²) in [7, 11) is 0. The largest absolute Gasteiger partial charge is 0.457 e. The van der Waals surface area contributed by atoms with Crippen molar-refractivity contribution in [1.29, 1.82) is 0 Å². The third kappa shape index (κ3) is 4.85. The van der Waals surface area contributed by atoms with Crippen molar-refractivity contribution >= 4 is 11.6 Å². The highest BCUT2D eigenvalue weighted by atomic mass is 16.5. The molecule has 114 valence electrons. The Hall–Kier alpha value is -2.42. The molecule has 22 heavy (non-hydrogen) atoms. The third-order valence-electron chi connectivity index (χ3n) is 3.31. The van der Waals surface area contributed by atoms with Gasteiger partial charge in [-0.2, -0.15) is 0 Å². The molecule has 0 saturated carbocycles. The van der Waals surface area contributed by atoms with Crippen molar-refractivity contribution in [3.63, 3.8) is 0 Å². The minimum atomic E-state index is -0.00397. The number of Topliss-reactive ketones (excluding diaryl/α,β-unsaturated/α-hetero) is 2. The van der Waals surface area contributed by atoms with Gasteiger partial charge in [0.2, 0.25) is 0 Å². The Balaban J connectivity index is 1.91. The van der Waals surface area contributed by atoms with Gasteiger partial charge in [-0.25, -0.2) is 0 Å². The van der Waals surface area contributed by atoms with E-state index in [4.69, 9.17) is 4.74 Å². The average Bonchev–Trinajstić information content (AvgIpc) is 2.54. The molecule has 2 aromatic rings. The monoisotopic (exact) mass is 296 g/mol. The van der Waals surface area contributed by atoms with Gasteiger partial charge in [0.15, 0.2) is 5.78 Å². The van der Waals surface area contributed by atoms with Crippen LogP contribution in [0, 0.1) is 0 Å². The van der Waals surface area contributed by atoms with E-state index in [1.165, 1.54) is 0 Å². The summed E-state index contributed by atoms with van der Waals surface area (Å²) in [6.45, 7) is 1.96. The van der Waals surface area contributed by atoms with Crippen LogP contribution in [-0.4, -0.2) is 11.6 Å². The standard InChI is InChI=1S/C19H20O3/c1-2-6-16(20)11-14-19(21)15-9-12-18(13-10-15)22-17-7-4-3-5-8-17/h3-5,7-10,12-13H,2,6,11,14H2,1H3. The quantitative estimate of drug-likeness (QED) is 0.656. The molecule has 3 heteroatoms. The lowest BCUT2D eigenvalue weighted by molar-refractivity contribution is -0.119. The molecule has 0 spiro atoms. The zero-order chi connectivity index (χ0) is 15.8. The molecule has 0 N–H and O–H groups in total. The number of ether oxygens (including phenoxy) is 1. The van der Waals surface area contributed by atoms with E-state index in [0.717, 1.165) is 12.2 Å². The van der Waals surface area contributed by atoms with E-state index in [9.17, 15) is 9.59 Å². The number of hydrogen-bond donors (Lipinski definition) is 0. The summed E-state index contributed by atoms with van der Waals surface area (Å²) in [5.74, 6) is 1.59. The minimum Gasteiger partial charge on any atom is -0.457 e. The van der Waals surface area contributed by atoms with Gasteiger partial charge in [-0.1, -0.05) is 25.1 Å². The molecule has 2 aromatic carbocycles. The zero-order valence-corrected chi connectivity index (χ0v) is 12.7. The summed E-state index contributed by atoms with van der Waals surface area (Å²) >= 11 is 0. The van der Waals surface area contributed by atoms with Crippen LogP contribution >= 0.6 is 0 Å². The first kappa shape index (κ1) is 16.0. The normalized spacial score (nSPS) is 10.2. The highest BCUT2D eigenvalue weighted by Gasteiger charge is 2.09. The van der Waals surface area contributed by atoms with Gasteiger partial charge in [-0.05, 0) is 42.8 Å². The van der Waals surface area contributed by atoms with Gasteiger partial charge in [-0.3, -0.25) is 9.59 Å². The smallest absolute Gasteiger partial charge is 0.163 e. The molecule has 0 saturated heterocycles. The summed E-state index contributed by atoms with van der Waals surface area (Å²) in [6, 6.07) is 16.5. The Kier molecular flexibility index (Phi) is 5.90. The van der Waals surface area contributed by atoms with Crippen molar-refractivity contribution in [3.05, 3.63) is 60.2 Å². The third-order valence-corrected chi connectivity index (χ3v) is 3.31. The molecule has 0 bridgehead atoms. The number of carbonyl (C=O) groups excluding carboxylic acids is 2. The molecule has 2 rings (SSSR count). The fourth-order valence-electron chi connectivity index (χ4n) is 2.13. The van der Waals surface area contributed by atoms with Crippen molar-refractivity contribution in [1.82, 2.24) is 0 Å². The van der Waals surface area contributed by atoms with Crippen LogP contribution in [0.15, 0.2) is 54.6 Å². The molecule has 0 aliphatic rings. The second kappa shape index (κ2) is 8.13. The number of para-hydroxylation sites is 1. The maximum Gasteiger partial charge on any atom is 0.163 e. The van der Waals surface area contributed by atoms with Crippen molar-refractivity contribution in [2.45, 2.75) is 32.6 Å². The summed E-state index contributed by atoms with van der Waals surface area (Å²) in [4.78, 5) is 23.5. The molecule has 0 heterocycles. The van der Waals surface area contributed by atoms with Crippen molar-refractivity contribution in [2.24, 2.45) is 0 Å². The van der Waals surface area contributed by atoms with E-state index in [2.05, 4.69) is 0 Å². The van der Waals surface area contributed by atoms with Crippen LogP contribution in [-0.2, 0) is 4.79 Å². The van der Waals surface area contributed by atoms with Crippen molar-refractivity contribution in [3.8, 4) is 11.5 Å². The van der Waals surface area contributed by atoms with E-state index in [1.807, 2.05) is 37.3 Å². The molecule has 3 nitrogen and oxygen atoms in total. The molecule has 0 unspecified atom stereocenters. The average molecular weight is 296 g/mol. The number of hydrogen-bond acceptors (Lipinski definition) is 3. The van der Waals surface area contributed by atoms with Crippen LogP contribution in [0.4, 0.5) is 0 Å². The van der Waals surface area contributed by atoms with E-state index >= 15 is 0 Å². The van der Waals surface area contributed by atoms with E-state index in [-0.39, 0.29) is 18.0 Å². The Morgan fingerprint density at radius 1 is 0.818 bits per heavy atom. The molecule has 0 amide bonds. The first-order valence-corrected chi connectivity index (χ1v) is 7.57. The van der Waals surface area contributed by atoms with Gasteiger partial charge in [0, 0.05) is 24.8 Å². The molecule has 0 radical (unpaired) electrons. The second-order valence-electron chi connectivity index (χ2n) is 5.15. The predicted molar refractivity (Wildman–Crippen MR) is 86.4 cm³/mol.